The van der Waals surface area contributed by atoms with Gasteiger partial charge < -0.3 is 10.2 Å². The summed E-state index contributed by atoms with van der Waals surface area (Å²) < 4.78 is 35.7. The number of alkyl halides is 3. The molecule has 1 amide bonds. The van der Waals surface area contributed by atoms with E-state index in [1.165, 1.54) is 4.90 Å². The van der Waals surface area contributed by atoms with Crippen molar-refractivity contribution < 1.29 is 18.0 Å². The molecule has 0 atom stereocenters. The predicted molar refractivity (Wildman–Crippen MR) is 60.6 cm³/mol. The third-order valence-corrected chi connectivity index (χ3v) is 2.02. The van der Waals surface area contributed by atoms with Crippen LogP contribution in [0.2, 0.25) is 0 Å². The van der Waals surface area contributed by atoms with Gasteiger partial charge in [-0.05, 0) is 20.8 Å². The fraction of sp³-hybridized carbons (Fsp3) is 0.727. The maximum absolute atomic E-state index is 11.9. The van der Waals surface area contributed by atoms with E-state index in [9.17, 15) is 18.0 Å². The summed E-state index contributed by atoms with van der Waals surface area (Å²) >= 11 is 0. The van der Waals surface area contributed by atoms with E-state index in [4.69, 9.17) is 0 Å². The third kappa shape index (κ3) is 6.99. The van der Waals surface area contributed by atoms with E-state index in [2.05, 4.69) is 11.9 Å². The Balaban J connectivity index is 4.30. The topological polar surface area (TPSA) is 32.3 Å². The van der Waals surface area contributed by atoms with Crippen molar-refractivity contribution in [1.82, 2.24) is 10.2 Å². The smallest absolute Gasteiger partial charge is 0.333 e. The van der Waals surface area contributed by atoms with Crippen LogP contribution in [-0.2, 0) is 4.79 Å². The molecule has 0 aliphatic rings. The summed E-state index contributed by atoms with van der Waals surface area (Å²) in [6, 6.07) is 0. The van der Waals surface area contributed by atoms with Crippen molar-refractivity contribution in [1.29, 1.82) is 0 Å². The lowest BCUT2D eigenvalue weighted by atomic mass is 10.1. The molecule has 0 bridgehead atoms. The van der Waals surface area contributed by atoms with Gasteiger partial charge in [-0.25, -0.2) is 0 Å². The SMILES string of the molecule is C=CCN(C(=O)CNCC(F)(F)F)C(C)(C)C. The molecule has 6 heteroatoms. The highest BCUT2D eigenvalue weighted by Gasteiger charge is 2.29. The molecule has 0 spiro atoms. The van der Waals surface area contributed by atoms with Crippen molar-refractivity contribution in [3.8, 4) is 0 Å². The van der Waals surface area contributed by atoms with E-state index in [1.807, 2.05) is 20.8 Å². The van der Waals surface area contributed by atoms with E-state index < -0.39 is 18.3 Å². The Morgan fingerprint density at radius 2 is 1.88 bits per heavy atom. The Morgan fingerprint density at radius 3 is 2.24 bits per heavy atom. The highest BCUT2D eigenvalue weighted by Crippen LogP contribution is 2.14. The van der Waals surface area contributed by atoms with Gasteiger partial charge in [0.25, 0.3) is 0 Å². The van der Waals surface area contributed by atoms with Gasteiger partial charge in [0.1, 0.15) is 0 Å². The zero-order chi connectivity index (χ0) is 13.7. The molecular weight excluding hydrogens is 233 g/mol. The average Bonchev–Trinajstić information content (AvgIpc) is 2.09. The monoisotopic (exact) mass is 252 g/mol. The molecule has 0 radical (unpaired) electrons. The van der Waals surface area contributed by atoms with E-state index in [1.54, 1.807) is 6.08 Å². The van der Waals surface area contributed by atoms with Crippen LogP contribution >= 0.6 is 0 Å². The lowest BCUT2D eigenvalue weighted by Gasteiger charge is -2.35. The maximum Gasteiger partial charge on any atom is 0.401 e. The summed E-state index contributed by atoms with van der Waals surface area (Å²) in [6.07, 6.45) is -2.75. The Hall–Kier alpha value is -1.04. The molecule has 17 heavy (non-hydrogen) atoms. The average molecular weight is 252 g/mol. The van der Waals surface area contributed by atoms with Gasteiger partial charge in [-0.2, -0.15) is 13.2 Å². The normalized spacial score (nSPS) is 12.4. The van der Waals surface area contributed by atoms with Crippen molar-refractivity contribution in [3.63, 3.8) is 0 Å². The second kappa shape index (κ2) is 6.05. The van der Waals surface area contributed by atoms with Crippen LogP contribution < -0.4 is 5.32 Å². The molecule has 0 aromatic rings. The van der Waals surface area contributed by atoms with Crippen LogP contribution in [0.4, 0.5) is 13.2 Å². The van der Waals surface area contributed by atoms with Crippen LogP contribution in [0, 0.1) is 0 Å². The van der Waals surface area contributed by atoms with E-state index in [0.717, 1.165) is 0 Å². The molecule has 0 aliphatic carbocycles. The van der Waals surface area contributed by atoms with Gasteiger partial charge in [0.05, 0.1) is 13.1 Å². The highest BCUT2D eigenvalue weighted by molar-refractivity contribution is 5.79. The van der Waals surface area contributed by atoms with Gasteiger partial charge in [-0.1, -0.05) is 6.08 Å². The zero-order valence-electron chi connectivity index (χ0n) is 10.4. The lowest BCUT2D eigenvalue weighted by molar-refractivity contribution is -0.137. The second-order valence-corrected chi connectivity index (χ2v) is 4.68. The molecule has 3 nitrogen and oxygen atoms in total. The van der Waals surface area contributed by atoms with Crippen molar-refractivity contribution in [3.05, 3.63) is 12.7 Å². The van der Waals surface area contributed by atoms with Crippen LogP contribution in [0.15, 0.2) is 12.7 Å². The van der Waals surface area contributed by atoms with Crippen LogP contribution in [0.1, 0.15) is 20.8 Å². The number of nitrogens with zero attached hydrogens (tertiary/aromatic N) is 1. The van der Waals surface area contributed by atoms with E-state index >= 15 is 0 Å². The highest BCUT2D eigenvalue weighted by atomic mass is 19.4. The number of rotatable bonds is 5. The summed E-state index contributed by atoms with van der Waals surface area (Å²) in [5, 5.41) is 2.09. The van der Waals surface area contributed by atoms with Crippen molar-refractivity contribution in [2.45, 2.75) is 32.5 Å². The van der Waals surface area contributed by atoms with Crippen LogP contribution in [0.25, 0.3) is 0 Å². The fourth-order valence-corrected chi connectivity index (χ4v) is 1.29. The minimum Gasteiger partial charge on any atom is -0.333 e. The number of amides is 1. The van der Waals surface area contributed by atoms with E-state index in [0.29, 0.717) is 6.54 Å². The summed E-state index contributed by atoms with van der Waals surface area (Å²) in [5.41, 5.74) is -0.439. The molecule has 0 fully saturated rings. The molecule has 0 heterocycles. The maximum atomic E-state index is 11.9. The van der Waals surface area contributed by atoms with Gasteiger partial charge in [0, 0.05) is 12.1 Å². The molecule has 0 aliphatic heterocycles. The van der Waals surface area contributed by atoms with Crippen LogP contribution in [0.5, 0.6) is 0 Å². The molecule has 1 N–H and O–H groups in total. The lowest BCUT2D eigenvalue weighted by Crippen LogP contribution is -2.49. The molecule has 0 rings (SSSR count). The van der Waals surface area contributed by atoms with Gasteiger partial charge in [-0.15, -0.1) is 6.58 Å². The van der Waals surface area contributed by atoms with Crippen LogP contribution in [0.3, 0.4) is 0 Å². The standard InChI is InChI=1S/C11H19F3N2O/c1-5-6-16(10(2,3)4)9(17)7-15-8-11(12,13)14/h5,15H,1,6-8H2,2-4H3. The second-order valence-electron chi connectivity index (χ2n) is 4.68. The number of carbonyl (C=O) groups excluding carboxylic acids is 1. The first kappa shape index (κ1) is 16.0. The fourth-order valence-electron chi connectivity index (χ4n) is 1.29. The van der Waals surface area contributed by atoms with Crippen molar-refractivity contribution in [2.75, 3.05) is 19.6 Å². The van der Waals surface area contributed by atoms with Gasteiger partial charge in [-0.3, -0.25) is 4.79 Å². The Morgan fingerprint density at radius 1 is 1.35 bits per heavy atom. The molecule has 0 aromatic carbocycles. The first-order chi connectivity index (χ1) is 7.58. The number of carbonyl (C=O) groups is 1. The number of halogens is 3. The summed E-state index contributed by atoms with van der Waals surface area (Å²) in [6.45, 7) is 7.80. The molecular formula is C11H19F3N2O. The minimum atomic E-state index is -4.30. The zero-order valence-corrected chi connectivity index (χ0v) is 10.4. The molecule has 0 saturated heterocycles. The molecule has 0 saturated carbocycles. The van der Waals surface area contributed by atoms with Gasteiger partial charge in [0.2, 0.25) is 5.91 Å². The largest absolute Gasteiger partial charge is 0.401 e. The summed E-state index contributed by atoms with van der Waals surface area (Å²) in [4.78, 5) is 13.2. The number of hydrogen-bond acceptors (Lipinski definition) is 2. The third-order valence-electron chi connectivity index (χ3n) is 2.02. The molecule has 0 aromatic heterocycles. The summed E-state index contributed by atoms with van der Waals surface area (Å²) in [7, 11) is 0. The Kier molecular flexibility index (Phi) is 5.68. The predicted octanol–water partition coefficient (Wildman–Crippen LogP) is 1.95. The molecule has 100 valence electrons. The first-order valence-electron chi connectivity index (χ1n) is 5.27. The van der Waals surface area contributed by atoms with Crippen LogP contribution in [-0.4, -0.2) is 42.2 Å². The van der Waals surface area contributed by atoms with Crippen molar-refractivity contribution in [2.24, 2.45) is 0 Å². The summed E-state index contributed by atoms with van der Waals surface area (Å²) in [5.74, 6) is -0.373. The number of hydrogen-bond donors (Lipinski definition) is 1. The Bertz CT molecular complexity index is 269. The quantitative estimate of drug-likeness (QED) is 0.758. The Labute approximate surface area is 99.7 Å². The van der Waals surface area contributed by atoms with Gasteiger partial charge >= 0.3 is 6.18 Å². The molecule has 0 unspecified atom stereocenters. The first-order valence-corrected chi connectivity index (χ1v) is 5.27. The minimum absolute atomic E-state index is 0.316. The van der Waals surface area contributed by atoms with Gasteiger partial charge in [0.15, 0.2) is 0 Å². The van der Waals surface area contributed by atoms with Crippen molar-refractivity contribution >= 4 is 5.91 Å². The van der Waals surface area contributed by atoms with E-state index in [-0.39, 0.29) is 12.5 Å². The number of nitrogens with one attached hydrogen (secondary N) is 1.